The highest BCUT2D eigenvalue weighted by Crippen LogP contribution is 2.29. The van der Waals surface area contributed by atoms with E-state index in [9.17, 15) is 24.5 Å². The van der Waals surface area contributed by atoms with Crippen LogP contribution in [0.1, 0.15) is 22.3 Å². The zero-order chi connectivity index (χ0) is 24.9. The van der Waals surface area contributed by atoms with E-state index in [1.54, 1.807) is 24.3 Å². The summed E-state index contributed by atoms with van der Waals surface area (Å²) in [6.45, 7) is 0.158. The summed E-state index contributed by atoms with van der Waals surface area (Å²) >= 11 is 0. The Labute approximate surface area is 201 Å². The zero-order valence-corrected chi connectivity index (χ0v) is 19.0. The van der Waals surface area contributed by atoms with Gasteiger partial charge in [0.2, 0.25) is 5.91 Å². The van der Waals surface area contributed by atoms with E-state index in [-0.39, 0.29) is 24.2 Å². The van der Waals surface area contributed by atoms with Gasteiger partial charge in [-0.2, -0.15) is 0 Å². The van der Waals surface area contributed by atoms with E-state index in [0.29, 0.717) is 17.9 Å². The number of benzene rings is 3. The number of anilines is 1. The fourth-order valence-electron chi connectivity index (χ4n) is 4.07. The predicted molar refractivity (Wildman–Crippen MR) is 128 cm³/mol. The van der Waals surface area contributed by atoms with Gasteiger partial charge in [-0.1, -0.05) is 36.4 Å². The van der Waals surface area contributed by atoms with Gasteiger partial charge in [0.05, 0.1) is 24.1 Å². The molecule has 1 heterocycles. The van der Waals surface area contributed by atoms with Gasteiger partial charge in [-0.15, -0.1) is 0 Å². The molecule has 1 atom stereocenters. The second kappa shape index (κ2) is 10.2. The van der Waals surface area contributed by atoms with Crippen molar-refractivity contribution in [1.29, 1.82) is 0 Å². The topological polar surface area (TPSA) is 110 Å². The van der Waals surface area contributed by atoms with Crippen molar-refractivity contribution in [2.24, 2.45) is 0 Å². The average Bonchev–Trinajstić information content (AvgIpc) is 3.18. The second-order valence-electron chi connectivity index (χ2n) is 8.03. The van der Waals surface area contributed by atoms with Gasteiger partial charge in [-0.25, -0.2) is 4.90 Å². The third-order valence-corrected chi connectivity index (χ3v) is 5.88. The van der Waals surface area contributed by atoms with Gasteiger partial charge in [0.1, 0.15) is 11.8 Å². The molecule has 0 bridgehead atoms. The van der Waals surface area contributed by atoms with Crippen molar-refractivity contribution in [2.75, 3.05) is 18.6 Å². The Morgan fingerprint density at radius 2 is 1.77 bits per heavy atom. The molecule has 0 aromatic heterocycles. The largest absolute Gasteiger partial charge is 0.497 e. The molecule has 0 aliphatic carbocycles. The van der Waals surface area contributed by atoms with Crippen molar-refractivity contribution < 1.29 is 24.0 Å². The lowest BCUT2D eigenvalue weighted by molar-refractivity contribution is -0.384. The molecule has 1 saturated heterocycles. The molecule has 178 valence electrons. The molecule has 9 nitrogen and oxygen atoms in total. The molecule has 0 saturated carbocycles. The molecular formula is C26H23N3O6. The minimum atomic E-state index is -1.03. The number of hydrogen-bond acceptors (Lipinski definition) is 6. The number of rotatable bonds is 8. The SMILES string of the molecule is COc1ccc(N2C(=O)CC(N(CCc3ccccc3)C(=O)c3cccc([N+](=O)[O-])c3)C2=O)cc1. The number of amides is 3. The highest BCUT2D eigenvalue weighted by molar-refractivity contribution is 6.23. The van der Waals surface area contributed by atoms with Gasteiger partial charge in [-0.3, -0.25) is 24.5 Å². The van der Waals surface area contributed by atoms with Crippen molar-refractivity contribution >= 4 is 29.1 Å². The number of non-ortho nitro benzene ring substituents is 1. The number of nitro benzene ring substituents is 1. The fourth-order valence-corrected chi connectivity index (χ4v) is 4.07. The fraction of sp³-hybridized carbons (Fsp3) is 0.192. The van der Waals surface area contributed by atoms with Crippen LogP contribution in [0.5, 0.6) is 5.75 Å². The van der Waals surface area contributed by atoms with E-state index in [0.717, 1.165) is 10.5 Å². The molecular weight excluding hydrogens is 450 g/mol. The number of nitrogens with zero attached hydrogens (tertiary/aromatic N) is 3. The van der Waals surface area contributed by atoms with Crippen LogP contribution in [0, 0.1) is 10.1 Å². The molecule has 1 fully saturated rings. The average molecular weight is 473 g/mol. The van der Waals surface area contributed by atoms with Crippen LogP contribution in [0.2, 0.25) is 0 Å². The minimum Gasteiger partial charge on any atom is -0.497 e. The molecule has 1 aliphatic rings. The summed E-state index contributed by atoms with van der Waals surface area (Å²) in [5.41, 5.74) is 1.19. The van der Waals surface area contributed by atoms with Gasteiger partial charge in [0, 0.05) is 24.2 Å². The van der Waals surface area contributed by atoms with E-state index in [4.69, 9.17) is 4.74 Å². The summed E-state index contributed by atoms with van der Waals surface area (Å²) in [5.74, 6) is -0.921. The summed E-state index contributed by atoms with van der Waals surface area (Å²) in [4.78, 5) is 52.8. The van der Waals surface area contributed by atoms with Crippen LogP contribution in [-0.4, -0.2) is 47.2 Å². The van der Waals surface area contributed by atoms with Crippen LogP contribution < -0.4 is 9.64 Å². The van der Waals surface area contributed by atoms with Gasteiger partial charge in [0.25, 0.3) is 17.5 Å². The quantitative estimate of drug-likeness (QED) is 0.281. The maximum absolute atomic E-state index is 13.5. The Morgan fingerprint density at radius 1 is 1.06 bits per heavy atom. The van der Waals surface area contributed by atoms with E-state index < -0.39 is 28.7 Å². The van der Waals surface area contributed by atoms with Crippen LogP contribution in [0.25, 0.3) is 0 Å². The Morgan fingerprint density at radius 3 is 2.43 bits per heavy atom. The first-order chi connectivity index (χ1) is 16.9. The van der Waals surface area contributed by atoms with Gasteiger partial charge in [-0.05, 0) is 42.3 Å². The molecule has 3 aromatic carbocycles. The highest BCUT2D eigenvalue weighted by atomic mass is 16.6. The normalized spacial score (nSPS) is 15.2. The smallest absolute Gasteiger partial charge is 0.270 e. The van der Waals surface area contributed by atoms with Gasteiger partial charge < -0.3 is 9.64 Å². The number of nitro groups is 1. The zero-order valence-electron chi connectivity index (χ0n) is 19.0. The monoisotopic (exact) mass is 473 g/mol. The van der Waals surface area contributed by atoms with Crippen molar-refractivity contribution in [3.05, 3.63) is 100 Å². The number of carbonyl (C=O) groups is 3. The van der Waals surface area contributed by atoms with Gasteiger partial charge >= 0.3 is 0 Å². The van der Waals surface area contributed by atoms with Crippen LogP contribution >= 0.6 is 0 Å². The summed E-state index contributed by atoms with van der Waals surface area (Å²) < 4.78 is 5.14. The van der Waals surface area contributed by atoms with Crippen molar-refractivity contribution in [3.63, 3.8) is 0 Å². The van der Waals surface area contributed by atoms with Crippen LogP contribution in [0.15, 0.2) is 78.9 Å². The van der Waals surface area contributed by atoms with Crippen molar-refractivity contribution in [3.8, 4) is 5.75 Å². The summed E-state index contributed by atoms with van der Waals surface area (Å²) in [6.07, 6.45) is 0.266. The van der Waals surface area contributed by atoms with Crippen LogP contribution in [0.3, 0.4) is 0 Å². The first kappa shape index (κ1) is 23.6. The van der Waals surface area contributed by atoms with Crippen LogP contribution in [0.4, 0.5) is 11.4 Å². The van der Waals surface area contributed by atoms with E-state index in [1.807, 2.05) is 30.3 Å². The Kier molecular flexibility index (Phi) is 6.86. The van der Waals surface area contributed by atoms with E-state index in [1.165, 1.54) is 36.3 Å². The molecule has 1 unspecified atom stereocenters. The van der Waals surface area contributed by atoms with Crippen molar-refractivity contribution in [1.82, 2.24) is 4.90 Å². The number of imide groups is 1. The minimum absolute atomic E-state index is 0.0791. The Bertz CT molecular complexity index is 1260. The lowest BCUT2D eigenvalue weighted by atomic mass is 10.1. The molecule has 0 radical (unpaired) electrons. The molecule has 9 heteroatoms. The molecule has 0 spiro atoms. The molecule has 35 heavy (non-hydrogen) atoms. The second-order valence-corrected chi connectivity index (χ2v) is 8.03. The maximum atomic E-state index is 13.5. The maximum Gasteiger partial charge on any atom is 0.270 e. The summed E-state index contributed by atoms with van der Waals surface area (Å²) in [7, 11) is 1.52. The number of methoxy groups -OCH3 is 1. The molecule has 3 amide bonds. The third kappa shape index (κ3) is 5.03. The first-order valence-electron chi connectivity index (χ1n) is 11.0. The standard InChI is InChI=1S/C26H23N3O6/c1-35-22-12-10-20(11-13-22)28-24(30)17-23(26(28)32)27(15-14-18-6-3-2-4-7-18)25(31)19-8-5-9-21(16-19)29(33)34/h2-13,16,23H,14-15,17H2,1H3. The van der Waals surface area contributed by atoms with E-state index >= 15 is 0 Å². The number of ether oxygens (including phenoxy) is 1. The lowest BCUT2D eigenvalue weighted by Crippen LogP contribution is -2.46. The summed E-state index contributed by atoms with van der Waals surface area (Å²) in [6, 6.07) is 20.3. The predicted octanol–water partition coefficient (Wildman–Crippen LogP) is 3.62. The summed E-state index contributed by atoms with van der Waals surface area (Å²) in [5, 5.41) is 11.2. The Balaban J connectivity index is 1.65. The molecule has 1 aliphatic heterocycles. The molecule has 4 rings (SSSR count). The number of carbonyl (C=O) groups excluding carboxylic acids is 3. The Hall–Kier alpha value is -4.53. The molecule has 3 aromatic rings. The van der Waals surface area contributed by atoms with Crippen molar-refractivity contribution in [2.45, 2.75) is 18.9 Å². The van der Waals surface area contributed by atoms with Gasteiger partial charge in [0.15, 0.2) is 0 Å². The highest BCUT2D eigenvalue weighted by Gasteiger charge is 2.44. The van der Waals surface area contributed by atoms with Crippen LogP contribution in [-0.2, 0) is 16.0 Å². The lowest BCUT2D eigenvalue weighted by Gasteiger charge is -2.28. The molecule has 0 N–H and O–H groups in total. The first-order valence-corrected chi connectivity index (χ1v) is 11.0. The third-order valence-electron chi connectivity index (χ3n) is 5.88. The number of hydrogen-bond donors (Lipinski definition) is 0. The van der Waals surface area contributed by atoms with E-state index in [2.05, 4.69) is 0 Å².